The van der Waals surface area contributed by atoms with Crippen molar-refractivity contribution in [3.05, 3.63) is 0 Å². The van der Waals surface area contributed by atoms with Crippen molar-refractivity contribution < 1.29 is 0 Å². The third kappa shape index (κ3) is 3.78. The molecule has 4 N–H and O–H groups in total. The van der Waals surface area contributed by atoms with E-state index in [1.807, 2.05) is 0 Å². The highest BCUT2D eigenvalue weighted by Gasteiger charge is 1.91. The van der Waals surface area contributed by atoms with E-state index >= 15 is 0 Å². The van der Waals surface area contributed by atoms with Gasteiger partial charge in [0.1, 0.15) is 5.84 Å². The van der Waals surface area contributed by atoms with Crippen LogP contribution >= 0.6 is 0 Å². The van der Waals surface area contributed by atoms with Gasteiger partial charge in [0.05, 0.1) is 0 Å². The lowest BCUT2D eigenvalue weighted by Gasteiger charge is -2.03. The molecule has 9 heavy (non-hydrogen) atoms. The smallest absolute Gasteiger partial charge is 0.136 e. The second kappa shape index (κ2) is 5.37. The van der Waals surface area contributed by atoms with E-state index in [-0.39, 0.29) is 0 Å². The second-order valence-electron chi connectivity index (χ2n) is 1.70. The zero-order valence-electron chi connectivity index (χ0n) is 5.94. The SMILES string of the molecule is CCC/C(=N/N)NNC. The number of nitrogens with one attached hydrogen (secondary N) is 2. The zero-order chi connectivity index (χ0) is 7.11. The third-order valence-electron chi connectivity index (χ3n) is 0.912. The summed E-state index contributed by atoms with van der Waals surface area (Å²) in [5.74, 6) is 5.82. The van der Waals surface area contributed by atoms with Crippen molar-refractivity contribution in [2.24, 2.45) is 10.9 Å². The summed E-state index contributed by atoms with van der Waals surface area (Å²) >= 11 is 0. The van der Waals surface area contributed by atoms with Gasteiger partial charge >= 0.3 is 0 Å². The second-order valence-corrected chi connectivity index (χ2v) is 1.70. The highest BCUT2D eigenvalue weighted by Crippen LogP contribution is 1.85. The van der Waals surface area contributed by atoms with Crippen LogP contribution in [0.1, 0.15) is 19.8 Å². The van der Waals surface area contributed by atoms with Crippen molar-refractivity contribution in [2.45, 2.75) is 19.8 Å². The minimum absolute atomic E-state index is 0.792. The summed E-state index contributed by atoms with van der Waals surface area (Å²) in [6.45, 7) is 2.07. The largest absolute Gasteiger partial charge is 0.322 e. The number of nitrogens with zero attached hydrogens (tertiary/aromatic N) is 1. The van der Waals surface area contributed by atoms with Gasteiger partial charge in [0.25, 0.3) is 0 Å². The van der Waals surface area contributed by atoms with Gasteiger partial charge in [-0.3, -0.25) is 0 Å². The van der Waals surface area contributed by atoms with E-state index < -0.39 is 0 Å². The van der Waals surface area contributed by atoms with Gasteiger partial charge in [-0.05, 0) is 6.42 Å². The zero-order valence-corrected chi connectivity index (χ0v) is 5.94. The molecule has 0 heterocycles. The number of amidine groups is 1. The number of hydrogen-bond acceptors (Lipinski definition) is 3. The van der Waals surface area contributed by atoms with Crippen LogP contribution in [0.15, 0.2) is 5.10 Å². The fourth-order valence-corrected chi connectivity index (χ4v) is 0.540. The van der Waals surface area contributed by atoms with Crippen LogP contribution in [0, 0.1) is 0 Å². The van der Waals surface area contributed by atoms with Gasteiger partial charge in [0.15, 0.2) is 0 Å². The average molecular weight is 130 g/mol. The van der Waals surface area contributed by atoms with Crippen LogP contribution in [0.2, 0.25) is 0 Å². The molecule has 4 heteroatoms. The van der Waals surface area contributed by atoms with E-state index in [4.69, 9.17) is 5.84 Å². The first-order valence-corrected chi connectivity index (χ1v) is 3.04. The predicted octanol–water partition coefficient (Wildman–Crippen LogP) is -0.217. The molecule has 0 aliphatic heterocycles. The molecule has 0 rings (SSSR count). The summed E-state index contributed by atoms with van der Waals surface area (Å²) in [6, 6.07) is 0. The molecule has 0 aliphatic carbocycles. The summed E-state index contributed by atoms with van der Waals surface area (Å²) in [4.78, 5) is 0. The molecular weight excluding hydrogens is 116 g/mol. The molecule has 0 fully saturated rings. The Morgan fingerprint density at radius 1 is 1.67 bits per heavy atom. The van der Waals surface area contributed by atoms with E-state index in [0.29, 0.717) is 0 Å². The molecular formula is C5H14N4. The number of hydrazone groups is 1. The van der Waals surface area contributed by atoms with Crippen LogP contribution in [-0.4, -0.2) is 12.9 Å². The molecule has 0 saturated carbocycles. The molecule has 0 aromatic heterocycles. The summed E-state index contributed by atoms with van der Waals surface area (Å²) in [5.41, 5.74) is 5.55. The van der Waals surface area contributed by atoms with Gasteiger partial charge in [-0.25, -0.2) is 5.43 Å². The molecule has 0 spiro atoms. The van der Waals surface area contributed by atoms with E-state index in [2.05, 4.69) is 22.9 Å². The Balaban J connectivity index is 3.43. The predicted molar refractivity (Wildman–Crippen MR) is 38.7 cm³/mol. The number of nitrogens with two attached hydrogens (primary N) is 1. The van der Waals surface area contributed by atoms with Crippen LogP contribution in [-0.2, 0) is 0 Å². The fraction of sp³-hybridized carbons (Fsp3) is 0.800. The van der Waals surface area contributed by atoms with Gasteiger partial charge in [-0.2, -0.15) is 5.10 Å². The van der Waals surface area contributed by atoms with E-state index in [1.54, 1.807) is 7.05 Å². The minimum Gasteiger partial charge on any atom is -0.322 e. The number of hydrogen-bond donors (Lipinski definition) is 3. The van der Waals surface area contributed by atoms with Gasteiger partial charge in [0, 0.05) is 13.5 Å². The number of rotatable bonds is 3. The molecule has 0 aromatic carbocycles. The normalized spacial score (nSPS) is 11.6. The molecule has 0 radical (unpaired) electrons. The maximum absolute atomic E-state index is 5.03. The van der Waals surface area contributed by atoms with Crippen LogP contribution in [0.3, 0.4) is 0 Å². The molecule has 4 nitrogen and oxygen atoms in total. The molecule has 54 valence electrons. The summed E-state index contributed by atoms with van der Waals surface area (Å²) in [5, 5.41) is 3.51. The third-order valence-corrected chi connectivity index (χ3v) is 0.912. The summed E-state index contributed by atoms with van der Waals surface area (Å²) < 4.78 is 0. The van der Waals surface area contributed by atoms with E-state index in [1.165, 1.54) is 0 Å². The van der Waals surface area contributed by atoms with Gasteiger partial charge in [0.2, 0.25) is 0 Å². The van der Waals surface area contributed by atoms with Gasteiger partial charge < -0.3 is 11.3 Å². The van der Waals surface area contributed by atoms with Crippen LogP contribution in [0.4, 0.5) is 0 Å². The maximum Gasteiger partial charge on any atom is 0.136 e. The number of hydrazine groups is 1. The fourth-order valence-electron chi connectivity index (χ4n) is 0.540. The van der Waals surface area contributed by atoms with Crippen LogP contribution < -0.4 is 16.7 Å². The Morgan fingerprint density at radius 3 is 2.67 bits per heavy atom. The molecule has 0 bridgehead atoms. The Labute approximate surface area is 55.5 Å². The van der Waals surface area contributed by atoms with Crippen molar-refractivity contribution in [1.82, 2.24) is 10.9 Å². The van der Waals surface area contributed by atoms with Crippen molar-refractivity contribution in [2.75, 3.05) is 7.05 Å². The molecule has 0 amide bonds. The lowest BCUT2D eigenvalue weighted by atomic mass is 10.3. The average Bonchev–Trinajstić information content (AvgIpc) is 1.88. The Kier molecular flexibility index (Phi) is 4.91. The molecule has 0 unspecified atom stereocenters. The van der Waals surface area contributed by atoms with Crippen LogP contribution in [0.5, 0.6) is 0 Å². The van der Waals surface area contributed by atoms with Gasteiger partial charge in [-0.1, -0.05) is 6.92 Å². The first-order valence-electron chi connectivity index (χ1n) is 3.04. The summed E-state index contributed by atoms with van der Waals surface area (Å²) in [7, 11) is 1.78. The summed E-state index contributed by atoms with van der Waals surface area (Å²) in [6.07, 6.45) is 1.93. The quantitative estimate of drug-likeness (QED) is 0.214. The maximum atomic E-state index is 5.03. The first-order chi connectivity index (χ1) is 4.35. The van der Waals surface area contributed by atoms with Crippen molar-refractivity contribution >= 4 is 5.84 Å². The highest BCUT2D eigenvalue weighted by molar-refractivity contribution is 5.81. The molecule has 0 aromatic rings. The van der Waals surface area contributed by atoms with E-state index in [9.17, 15) is 0 Å². The van der Waals surface area contributed by atoms with Crippen LogP contribution in [0.25, 0.3) is 0 Å². The lowest BCUT2D eigenvalue weighted by molar-refractivity contribution is 0.739. The van der Waals surface area contributed by atoms with Crippen molar-refractivity contribution in [3.8, 4) is 0 Å². The monoisotopic (exact) mass is 130 g/mol. The van der Waals surface area contributed by atoms with Gasteiger partial charge in [-0.15, -0.1) is 0 Å². The standard InChI is InChI=1S/C5H14N4/c1-3-4-5(8-6)9-7-2/h7H,3-4,6H2,1-2H3,(H,8,9). The van der Waals surface area contributed by atoms with E-state index in [0.717, 1.165) is 18.7 Å². The Hall–Kier alpha value is -0.770. The molecule has 0 aliphatic rings. The lowest BCUT2D eigenvalue weighted by Crippen LogP contribution is -2.34. The minimum atomic E-state index is 0.792. The van der Waals surface area contributed by atoms with Crippen molar-refractivity contribution in [1.29, 1.82) is 0 Å². The molecule has 0 atom stereocenters. The molecule has 0 saturated heterocycles. The Bertz CT molecular complexity index is 81.0. The van der Waals surface area contributed by atoms with Crippen molar-refractivity contribution in [3.63, 3.8) is 0 Å². The topological polar surface area (TPSA) is 62.4 Å². The Morgan fingerprint density at radius 2 is 2.33 bits per heavy atom. The first kappa shape index (κ1) is 8.23. The highest BCUT2D eigenvalue weighted by atomic mass is 15.4.